The highest BCUT2D eigenvalue weighted by Gasteiger charge is 2.08. The number of hydrogen-bond acceptors (Lipinski definition) is 5. The third-order valence-electron chi connectivity index (χ3n) is 2.33. The van der Waals surface area contributed by atoms with Gasteiger partial charge in [-0.15, -0.1) is 0 Å². The van der Waals surface area contributed by atoms with Crippen LogP contribution in [0.4, 0.5) is 0 Å². The molecule has 2 rings (SSSR count). The molecule has 2 aromatic rings. The Morgan fingerprint density at radius 3 is 2.81 bits per heavy atom. The summed E-state index contributed by atoms with van der Waals surface area (Å²) in [7, 11) is 3.94. The summed E-state index contributed by atoms with van der Waals surface area (Å²) in [6.45, 7) is 3.26. The molecule has 6 nitrogen and oxygen atoms in total. The van der Waals surface area contributed by atoms with Crippen molar-refractivity contribution in [1.29, 1.82) is 0 Å². The van der Waals surface area contributed by atoms with Crippen LogP contribution in [-0.4, -0.2) is 31.9 Å². The molecule has 0 fully saturated rings. The van der Waals surface area contributed by atoms with Crippen LogP contribution in [0, 0.1) is 6.92 Å². The van der Waals surface area contributed by atoms with Gasteiger partial charge in [-0.25, -0.2) is 0 Å². The Labute approximate surface area is 93.9 Å². The van der Waals surface area contributed by atoms with Crippen LogP contribution in [0.2, 0.25) is 0 Å². The maximum Gasteiger partial charge on any atom is 0.240 e. The number of rotatable bonds is 4. The Morgan fingerprint density at radius 2 is 2.25 bits per heavy atom. The molecule has 2 aromatic heterocycles. The van der Waals surface area contributed by atoms with Gasteiger partial charge in [0, 0.05) is 19.8 Å². The molecule has 0 N–H and O–H groups in total. The summed E-state index contributed by atoms with van der Waals surface area (Å²) in [5.41, 5.74) is 1.15. The summed E-state index contributed by atoms with van der Waals surface area (Å²) < 4.78 is 6.92. The van der Waals surface area contributed by atoms with Crippen LogP contribution in [0.5, 0.6) is 0 Å². The van der Waals surface area contributed by atoms with Gasteiger partial charge < -0.3 is 4.52 Å². The average Bonchev–Trinajstić information content (AvgIpc) is 2.77. The van der Waals surface area contributed by atoms with Gasteiger partial charge in [-0.05, 0) is 20.0 Å². The lowest BCUT2D eigenvalue weighted by Gasteiger charge is -2.13. The van der Waals surface area contributed by atoms with Crippen LogP contribution < -0.4 is 0 Å². The maximum absolute atomic E-state index is 5.06. The molecule has 0 aliphatic rings. The molecule has 0 amide bonds. The fraction of sp³-hybridized carbons (Fsp3) is 0.500. The van der Waals surface area contributed by atoms with E-state index in [4.69, 9.17) is 4.52 Å². The second-order valence-electron chi connectivity index (χ2n) is 3.85. The molecular formula is C10H15N5O. The molecule has 16 heavy (non-hydrogen) atoms. The third kappa shape index (κ3) is 2.46. The Hall–Kier alpha value is -1.69. The third-order valence-corrected chi connectivity index (χ3v) is 2.33. The molecule has 0 atom stereocenters. The molecule has 6 heteroatoms. The first-order valence-electron chi connectivity index (χ1n) is 5.10. The van der Waals surface area contributed by atoms with E-state index in [-0.39, 0.29) is 0 Å². The Balaban J connectivity index is 1.94. The van der Waals surface area contributed by atoms with E-state index in [9.17, 15) is 0 Å². The van der Waals surface area contributed by atoms with E-state index < -0.39 is 0 Å². The smallest absolute Gasteiger partial charge is 0.240 e. The van der Waals surface area contributed by atoms with Gasteiger partial charge in [-0.3, -0.25) is 9.58 Å². The van der Waals surface area contributed by atoms with E-state index in [0.29, 0.717) is 18.3 Å². The number of aryl methyl sites for hydroxylation is 2. The summed E-state index contributed by atoms with van der Waals surface area (Å²) in [5.74, 6) is 1.31. The summed E-state index contributed by atoms with van der Waals surface area (Å²) in [6, 6.07) is 2.00. The van der Waals surface area contributed by atoms with Gasteiger partial charge in [0.2, 0.25) is 5.89 Å². The van der Waals surface area contributed by atoms with Gasteiger partial charge in [0.25, 0.3) is 0 Å². The minimum Gasteiger partial charge on any atom is -0.338 e. The van der Waals surface area contributed by atoms with Gasteiger partial charge in [0.05, 0.1) is 12.2 Å². The Kier molecular flexibility index (Phi) is 3.00. The molecule has 0 saturated carbocycles. The zero-order valence-corrected chi connectivity index (χ0v) is 9.71. The summed E-state index contributed by atoms with van der Waals surface area (Å²) in [5, 5.41) is 7.87. The molecule has 0 unspecified atom stereocenters. The van der Waals surface area contributed by atoms with Gasteiger partial charge in [0.15, 0.2) is 5.82 Å². The highest BCUT2D eigenvalue weighted by atomic mass is 16.5. The lowest BCUT2D eigenvalue weighted by molar-refractivity contribution is 0.255. The number of aromatic nitrogens is 4. The van der Waals surface area contributed by atoms with Gasteiger partial charge in [-0.1, -0.05) is 5.16 Å². The quantitative estimate of drug-likeness (QED) is 0.762. The molecule has 0 radical (unpaired) electrons. The van der Waals surface area contributed by atoms with Gasteiger partial charge in [0.1, 0.15) is 0 Å². The predicted molar refractivity (Wildman–Crippen MR) is 57.4 cm³/mol. The SMILES string of the molecule is Cc1noc(CN(C)Cc2ccnn2C)n1. The lowest BCUT2D eigenvalue weighted by Crippen LogP contribution is -2.19. The summed E-state index contributed by atoms with van der Waals surface area (Å²) >= 11 is 0. The van der Waals surface area contributed by atoms with Crippen molar-refractivity contribution in [3.63, 3.8) is 0 Å². The minimum absolute atomic E-state index is 0.641. The minimum atomic E-state index is 0.641. The highest BCUT2D eigenvalue weighted by Crippen LogP contribution is 2.05. The van der Waals surface area contributed by atoms with Gasteiger partial charge in [-0.2, -0.15) is 10.1 Å². The average molecular weight is 221 g/mol. The molecule has 0 bridgehead atoms. The predicted octanol–water partition coefficient (Wildman–Crippen LogP) is 0.744. The second kappa shape index (κ2) is 4.44. The molecule has 0 aromatic carbocycles. The van der Waals surface area contributed by atoms with E-state index in [0.717, 1.165) is 12.2 Å². The van der Waals surface area contributed by atoms with Crippen LogP contribution in [0.3, 0.4) is 0 Å². The van der Waals surface area contributed by atoms with Crippen molar-refractivity contribution in [3.05, 3.63) is 29.7 Å². The van der Waals surface area contributed by atoms with E-state index in [1.54, 1.807) is 6.20 Å². The molecule has 0 aliphatic heterocycles. The van der Waals surface area contributed by atoms with Crippen LogP contribution >= 0.6 is 0 Å². The largest absolute Gasteiger partial charge is 0.338 e. The van der Waals surface area contributed by atoms with E-state index in [2.05, 4.69) is 20.1 Å². The lowest BCUT2D eigenvalue weighted by atomic mass is 10.4. The standard InChI is InChI=1S/C10H15N5O/c1-8-12-10(16-13-8)7-14(2)6-9-4-5-11-15(9)3/h4-5H,6-7H2,1-3H3. The van der Waals surface area contributed by atoms with E-state index >= 15 is 0 Å². The second-order valence-corrected chi connectivity index (χ2v) is 3.85. The highest BCUT2D eigenvalue weighted by molar-refractivity contribution is 4.99. The monoisotopic (exact) mass is 221 g/mol. The summed E-state index contributed by atoms with van der Waals surface area (Å²) in [6.07, 6.45) is 1.79. The zero-order chi connectivity index (χ0) is 11.5. The van der Waals surface area contributed by atoms with Gasteiger partial charge >= 0.3 is 0 Å². The van der Waals surface area contributed by atoms with Crippen LogP contribution in [0.15, 0.2) is 16.8 Å². The first-order valence-corrected chi connectivity index (χ1v) is 5.10. The molecule has 0 aliphatic carbocycles. The van der Waals surface area contributed by atoms with Crippen LogP contribution in [-0.2, 0) is 20.1 Å². The van der Waals surface area contributed by atoms with Crippen molar-refractivity contribution in [2.75, 3.05) is 7.05 Å². The maximum atomic E-state index is 5.06. The zero-order valence-electron chi connectivity index (χ0n) is 9.71. The number of hydrogen-bond donors (Lipinski definition) is 0. The van der Waals surface area contributed by atoms with Crippen molar-refractivity contribution >= 4 is 0 Å². The number of nitrogens with zero attached hydrogens (tertiary/aromatic N) is 5. The summed E-state index contributed by atoms with van der Waals surface area (Å²) in [4.78, 5) is 6.26. The van der Waals surface area contributed by atoms with Crippen molar-refractivity contribution in [1.82, 2.24) is 24.8 Å². The Bertz CT molecular complexity index is 461. The first-order chi connectivity index (χ1) is 7.65. The first kappa shape index (κ1) is 10.8. The van der Waals surface area contributed by atoms with Crippen molar-refractivity contribution in [3.8, 4) is 0 Å². The van der Waals surface area contributed by atoms with Crippen LogP contribution in [0.1, 0.15) is 17.4 Å². The van der Waals surface area contributed by atoms with E-state index in [1.165, 1.54) is 0 Å². The fourth-order valence-corrected chi connectivity index (χ4v) is 1.52. The molecule has 0 saturated heterocycles. The molecule has 0 spiro atoms. The van der Waals surface area contributed by atoms with Crippen molar-refractivity contribution in [2.24, 2.45) is 7.05 Å². The molecule has 2 heterocycles. The molecule has 86 valence electrons. The molecular weight excluding hydrogens is 206 g/mol. The van der Waals surface area contributed by atoms with E-state index in [1.807, 2.05) is 31.8 Å². The normalized spacial score (nSPS) is 11.2. The topological polar surface area (TPSA) is 60.0 Å². The fourth-order valence-electron chi connectivity index (χ4n) is 1.52. The Morgan fingerprint density at radius 1 is 1.44 bits per heavy atom. The van der Waals surface area contributed by atoms with Crippen molar-refractivity contribution < 1.29 is 4.52 Å². The van der Waals surface area contributed by atoms with Crippen LogP contribution in [0.25, 0.3) is 0 Å². The van der Waals surface area contributed by atoms with Crippen molar-refractivity contribution in [2.45, 2.75) is 20.0 Å².